The topological polar surface area (TPSA) is 112 Å². The first kappa shape index (κ1) is 28.9. The van der Waals surface area contributed by atoms with Gasteiger partial charge in [-0.15, -0.1) is 0 Å². The van der Waals surface area contributed by atoms with E-state index in [4.69, 9.17) is 14.7 Å². The van der Waals surface area contributed by atoms with Gasteiger partial charge in [0.15, 0.2) is 11.5 Å². The molecule has 6 heterocycles. The second kappa shape index (κ2) is 11.6. The van der Waals surface area contributed by atoms with E-state index in [2.05, 4.69) is 25.1 Å². The molecule has 5 aromatic heterocycles. The second-order valence-electron chi connectivity index (χ2n) is 11.6. The van der Waals surface area contributed by atoms with Crippen molar-refractivity contribution in [2.75, 3.05) is 40.3 Å². The van der Waals surface area contributed by atoms with E-state index < -0.39 is 11.7 Å². The summed E-state index contributed by atoms with van der Waals surface area (Å²) in [5.41, 5.74) is 6.53. The molecule has 1 aromatic carbocycles. The van der Waals surface area contributed by atoms with Gasteiger partial charge in [-0.25, -0.2) is 23.1 Å². The van der Waals surface area contributed by atoms with Crippen LogP contribution < -0.4 is 4.74 Å². The van der Waals surface area contributed by atoms with E-state index in [1.165, 1.54) is 12.1 Å². The van der Waals surface area contributed by atoms with Gasteiger partial charge in [-0.05, 0) is 55.6 Å². The number of imidazole rings is 1. The molecule has 0 unspecified atom stereocenters. The number of fused-ring (bicyclic) bond motifs is 2. The number of ether oxygens (including phenoxy) is 1. The van der Waals surface area contributed by atoms with E-state index >= 15 is 0 Å². The van der Waals surface area contributed by atoms with Gasteiger partial charge in [-0.1, -0.05) is 0 Å². The molecule has 6 aromatic rings. The molecule has 0 bridgehead atoms. The maximum atomic E-state index is 14.6. The summed E-state index contributed by atoms with van der Waals surface area (Å²) >= 11 is 0. The number of likely N-dealkylation sites (tertiary alicyclic amines) is 1. The SMILES string of the molecule is CN(C)CCOc1cc(F)cc(-c2cncc3[nH]c(-c4n[nH]c5ccc(-c6cncc(CN7CCC(F)(F)C7)c6)nc45)nc23)c1. The molecule has 1 fully saturated rings. The molecule has 0 saturated carbocycles. The highest BCUT2D eigenvalue weighted by atomic mass is 19.3. The smallest absolute Gasteiger partial charge is 0.261 e. The molecule has 230 valence electrons. The van der Waals surface area contributed by atoms with Crippen LogP contribution in [0.4, 0.5) is 13.2 Å². The Hall–Kier alpha value is -4.88. The van der Waals surface area contributed by atoms with Crippen LogP contribution in [-0.4, -0.2) is 91.2 Å². The van der Waals surface area contributed by atoms with Gasteiger partial charge >= 0.3 is 0 Å². The largest absolute Gasteiger partial charge is 0.492 e. The van der Waals surface area contributed by atoms with Gasteiger partial charge in [0.1, 0.15) is 23.7 Å². The number of nitrogens with one attached hydrogen (secondary N) is 2. The number of halogens is 3. The third kappa shape index (κ3) is 6.08. The molecule has 1 aliphatic rings. The number of aromatic nitrogens is 7. The number of rotatable bonds is 9. The van der Waals surface area contributed by atoms with Crippen molar-refractivity contribution in [1.82, 2.24) is 44.9 Å². The van der Waals surface area contributed by atoms with Crippen molar-refractivity contribution in [2.45, 2.75) is 18.9 Å². The van der Waals surface area contributed by atoms with Gasteiger partial charge < -0.3 is 14.6 Å². The average Bonchev–Trinajstić information content (AvgIpc) is 3.72. The maximum absolute atomic E-state index is 14.6. The minimum atomic E-state index is -2.65. The Morgan fingerprint density at radius 1 is 0.956 bits per heavy atom. The standard InChI is InChI=1S/C32H30F3N9O/c1-43(2)7-8-45-23-11-20(10-22(33)12-23)24-15-37-16-27-28(24)40-31(39-27)30-29-26(41-42-30)4-3-25(38-29)21-9-19(13-36-14-21)17-44-6-5-32(34,35)18-44/h3-4,9-16H,5-8,17-18H2,1-2H3,(H,39,40)(H,41,42). The first-order valence-electron chi connectivity index (χ1n) is 14.5. The highest BCUT2D eigenvalue weighted by molar-refractivity contribution is 5.96. The molecule has 7 rings (SSSR count). The van der Waals surface area contributed by atoms with Crippen molar-refractivity contribution >= 4 is 22.1 Å². The minimum Gasteiger partial charge on any atom is -0.492 e. The van der Waals surface area contributed by atoms with E-state index in [1.807, 2.05) is 37.2 Å². The first-order valence-corrected chi connectivity index (χ1v) is 14.5. The van der Waals surface area contributed by atoms with E-state index in [0.717, 1.165) is 11.1 Å². The second-order valence-corrected chi connectivity index (χ2v) is 11.6. The molecule has 10 nitrogen and oxygen atoms in total. The molecular formula is C32H30F3N9O. The quantitative estimate of drug-likeness (QED) is 0.219. The maximum Gasteiger partial charge on any atom is 0.261 e. The van der Waals surface area contributed by atoms with Crippen molar-refractivity contribution in [3.63, 3.8) is 0 Å². The highest BCUT2D eigenvalue weighted by Crippen LogP contribution is 2.33. The fourth-order valence-corrected chi connectivity index (χ4v) is 5.54. The average molecular weight is 614 g/mol. The minimum absolute atomic E-state index is 0.129. The van der Waals surface area contributed by atoms with Crippen LogP contribution in [0.3, 0.4) is 0 Å². The molecule has 1 aliphatic heterocycles. The molecule has 0 radical (unpaired) electrons. The summed E-state index contributed by atoms with van der Waals surface area (Å²) in [5.74, 6) is -2.18. The molecule has 2 N–H and O–H groups in total. The van der Waals surface area contributed by atoms with Crippen molar-refractivity contribution in [3.8, 4) is 39.7 Å². The first-order chi connectivity index (χ1) is 21.7. The summed E-state index contributed by atoms with van der Waals surface area (Å²) in [7, 11) is 3.89. The Morgan fingerprint density at radius 3 is 2.64 bits per heavy atom. The van der Waals surface area contributed by atoms with Gasteiger partial charge in [-0.2, -0.15) is 5.10 Å². The number of hydrogen-bond acceptors (Lipinski definition) is 8. The summed E-state index contributed by atoms with van der Waals surface area (Å²) in [5, 5.41) is 7.51. The number of benzene rings is 1. The number of likely N-dealkylation sites (N-methyl/N-ethyl adjacent to an activating group) is 1. The lowest BCUT2D eigenvalue weighted by Crippen LogP contribution is -2.24. The fraction of sp³-hybridized carbons (Fsp3) is 0.281. The van der Waals surface area contributed by atoms with Crippen molar-refractivity contribution in [3.05, 3.63) is 72.6 Å². The highest BCUT2D eigenvalue weighted by Gasteiger charge is 2.38. The van der Waals surface area contributed by atoms with E-state index in [0.29, 0.717) is 82.4 Å². The zero-order valence-electron chi connectivity index (χ0n) is 24.7. The summed E-state index contributed by atoms with van der Waals surface area (Å²) in [6.45, 7) is 1.60. The summed E-state index contributed by atoms with van der Waals surface area (Å²) < 4.78 is 47.8. The molecule has 0 amide bonds. The van der Waals surface area contributed by atoms with Gasteiger partial charge in [0.2, 0.25) is 0 Å². The van der Waals surface area contributed by atoms with Gasteiger partial charge in [-0.3, -0.25) is 20.0 Å². The molecule has 0 atom stereocenters. The molecular weight excluding hydrogens is 583 g/mol. The van der Waals surface area contributed by atoms with Crippen molar-refractivity contribution < 1.29 is 17.9 Å². The fourth-order valence-electron chi connectivity index (χ4n) is 5.54. The summed E-state index contributed by atoms with van der Waals surface area (Å²) in [6, 6.07) is 10.2. The normalized spacial score (nSPS) is 15.1. The number of nitrogens with zero attached hydrogens (tertiary/aromatic N) is 7. The number of pyridine rings is 3. The third-order valence-corrected chi connectivity index (χ3v) is 7.76. The van der Waals surface area contributed by atoms with Crippen LogP contribution in [0.25, 0.3) is 56.0 Å². The molecule has 0 aliphatic carbocycles. The van der Waals surface area contributed by atoms with Crippen LogP contribution in [0, 0.1) is 5.82 Å². The van der Waals surface area contributed by atoms with Gasteiger partial charge in [0, 0.05) is 61.8 Å². The van der Waals surface area contributed by atoms with Crippen molar-refractivity contribution in [1.29, 1.82) is 0 Å². The van der Waals surface area contributed by atoms with E-state index in [9.17, 15) is 13.2 Å². The predicted molar refractivity (Wildman–Crippen MR) is 164 cm³/mol. The van der Waals surface area contributed by atoms with E-state index in [-0.39, 0.29) is 13.0 Å². The summed E-state index contributed by atoms with van der Waals surface area (Å²) in [4.78, 5) is 25.4. The zero-order valence-corrected chi connectivity index (χ0v) is 24.7. The van der Waals surface area contributed by atoms with Crippen LogP contribution in [0.5, 0.6) is 5.75 Å². The van der Waals surface area contributed by atoms with Gasteiger partial charge in [0.05, 0.1) is 35.0 Å². The lowest BCUT2D eigenvalue weighted by atomic mass is 10.1. The predicted octanol–water partition coefficient (Wildman–Crippen LogP) is 5.55. The number of hydrogen-bond donors (Lipinski definition) is 2. The van der Waals surface area contributed by atoms with Crippen LogP contribution in [-0.2, 0) is 6.54 Å². The Bertz CT molecular complexity index is 2010. The molecule has 45 heavy (non-hydrogen) atoms. The Kier molecular flexibility index (Phi) is 7.42. The molecule has 1 saturated heterocycles. The number of H-pyrrole nitrogens is 2. The van der Waals surface area contributed by atoms with Crippen LogP contribution in [0.2, 0.25) is 0 Å². The Morgan fingerprint density at radius 2 is 1.82 bits per heavy atom. The Balaban J connectivity index is 1.20. The summed E-state index contributed by atoms with van der Waals surface area (Å²) in [6.07, 6.45) is 6.57. The number of aromatic amines is 2. The van der Waals surface area contributed by atoms with Crippen molar-refractivity contribution in [2.24, 2.45) is 0 Å². The van der Waals surface area contributed by atoms with Crippen LogP contribution in [0.1, 0.15) is 12.0 Å². The monoisotopic (exact) mass is 613 g/mol. The lowest BCUT2D eigenvalue weighted by Gasteiger charge is -2.15. The Labute approximate surface area is 256 Å². The van der Waals surface area contributed by atoms with E-state index in [1.54, 1.807) is 35.8 Å². The van der Waals surface area contributed by atoms with Gasteiger partial charge in [0.25, 0.3) is 5.92 Å². The lowest BCUT2D eigenvalue weighted by molar-refractivity contribution is 0.0115. The number of alkyl halides is 2. The van der Waals surface area contributed by atoms with Crippen LogP contribution >= 0.6 is 0 Å². The third-order valence-electron chi connectivity index (χ3n) is 7.76. The van der Waals surface area contributed by atoms with Crippen LogP contribution in [0.15, 0.2) is 61.2 Å². The molecule has 13 heteroatoms. The zero-order chi connectivity index (χ0) is 31.1. The molecule has 0 spiro atoms.